The van der Waals surface area contributed by atoms with Gasteiger partial charge in [-0.3, -0.25) is 4.98 Å². The number of pyridine rings is 1. The molecule has 10 heteroatoms. The summed E-state index contributed by atoms with van der Waals surface area (Å²) in [5.74, 6) is -1.96. The number of nitrogens with one attached hydrogen (secondary N) is 1. The lowest BCUT2D eigenvalue weighted by molar-refractivity contribution is -0.757. The summed E-state index contributed by atoms with van der Waals surface area (Å²) in [4.78, 5) is 44.5. The predicted molar refractivity (Wildman–Crippen MR) is 105 cm³/mol. The Kier molecular flexibility index (Phi) is 7.90. The van der Waals surface area contributed by atoms with Crippen LogP contribution in [0.15, 0.2) is 46.9 Å². The summed E-state index contributed by atoms with van der Waals surface area (Å²) in [5, 5.41) is 12.3. The summed E-state index contributed by atoms with van der Waals surface area (Å²) in [6.07, 6.45) is 1.56. The Hall–Kier alpha value is -3.43. The van der Waals surface area contributed by atoms with E-state index in [4.69, 9.17) is 9.47 Å². The molecule has 30 heavy (non-hydrogen) atoms. The van der Waals surface area contributed by atoms with Crippen LogP contribution in [0.1, 0.15) is 39.3 Å². The standard InChI is InChI=1S/C20H25N3O7/c1-12(2)11-29-20(25)17-14(4)22-13(3)16(18(17)15-7-5-6-8-21-15)19(24)28-9-10-30-23(26)27/h5-8,12,18,22H,9-11H2,1-4H3. The molecule has 1 aromatic heterocycles. The van der Waals surface area contributed by atoms with Gasteiger partial charge in [-0.05, 0) is 31.9 Å². The maximum absolute atomic E-state index is 12.9. The van der Waals surface area contributed by atoms with Crippen molar-refractivity contribution in [3.8, 4) is 0 Å². The lowest BCUT2D eigenvalue weighted by atomic mass is 9.82. The van der Waals surface area contributed by atoms with Crippen LogP contribution >= 0.6 is 0 Å². The second-order valence-corrected chi connectivity index (χ2v) is 7.08. The molecule has 0 saturated carbocycles. The number of carbonyl (C=O) groups excluding carboxylic acids is 2. The van der Waals surface area contributed by atoms with E-state index < -0.39 is 29.6 Å². The number of esters is 2. The van der Waals surface area contributed by atoms with Gasteiger partial charge in [-0.15, -0.1) is 10.1 Å². The highest BCUT2D eigenvalue weighted by Gasteiger charge is 2.38. The quantitative estimate of drug-likeness (QED) is 0.277. The minimum atomic E-state index is -0.966. The Bertz CT molecular complexity index is 862. The van der Waals surface area contributed by atoms with Crippen LogP contribution in [-0.2, 0) is 23.9 Å². The minimum Gasteiger partial charge on any atom is -0.462 e. The highest BCUT2D eigenvalue weighted by Crippen LogP contribution is 2.38. The summed E-state index contributed by atoms with van der Waals surface area (Å²) in [5.41, 5.74) is 1.95. The molecule has 1 aromatic rings. The fourth-order valence-electron chi connectivity index (χ4n) is 3.02. The van der Waals surface area contributed by atoms with Gasteiger partial charge in [0.05, 0.1) is 29.4 Å². The molecular weight excluding hydrogens is 394 g/mol. The first kappa shape index (κ1) is 22.9. The Morgan fingerprint density at radius 3 is 2.30 bits per heavy atom. The molecule has 0 fully saturated rings. The third kappa shape index (κ3) is 5.79. The van der Waals surface area contributed by atoms with Crippen molar-refractivity contribution in [2.24, 2.45) is 5.92 Å². The first-order chi connectivity index (χ1) is 14.2. The van der Waals surface area contributed by atoms with Crippen molar-refractivity contribution in [1.29, 1.82) is 0 Å². The van der Waals surface area contributed by atoms with E-state index >= 15 is 0 Å². The van der Waals surface area contributed by atoms with Crippen LogP contribution in [0.25, 0.3) is 0 Å². The molecule has 0 saturated heterocycles. The number of hydrogen-bond donors (Lipinski definition) is 1. The van der Waals surface area contributed by atoms with E-state index in [1.807, 2.05) is 13.8 Å². The fourth-order valence-corrected chi connectivity index (χ4v) is 3.02. The maximum atomic E-state index is 12.9. The Labute approximate surface area is 174 Å². The first-order valence-corrected chi connectivity index (χ1v) is 9.43. The van der Waals surface area contributed by atoms with E-state index in [2.05, 4.69) is 15.1 Å². The van der Waals surface area contributed by atoms with Crippen LogP contribution in [0, 0.1) is 16.0 Å². The molecule has 1 aliphatic rings. The van der Waals surface area contributed by atoms with Gasteiger partial charge >= 0.3 is 11.9 Å². The zero-order valence-corrected chi connectivity index (χ0v) is 17.3. The number of carbonyl (C=O) groups is 2. The Morgan fingerprint density at radius 1 is 1.13 bits per heavy atom. The van der Waals surface area contributed by atoms with E-state index in [0.717, 1.165) is 0 Å². The number of allylic oxidation sites excluding steroid dienone is 2. The molecule has 1 atom stereocenters. The van der Waals surface area contributed by atoms with Crippen molar-refractivity contribution in [2.45, 2.75) is 33.6 Å². The van der Waals surface area contributed by atoms with Gasteiger partial charge in [0.1, 0.15) is 13.2 Å². The van der Waals surface area contributed by atoms with Crippen LogP contribution in [0.2, 0.25) is 0 Å². The van der Waals surface area contributed by atoms with E-state index in [9.17, 15) is 19.7 Å². The normalized spacial score (nSPS) is 16.2. The lowest BCUT2D eigenvalue weighted by Crippen LogP contribution is -2.33. The average molecular weight is 419 g/mol. The molecule has 1 unspecified atom stereocenters. The van der Waals surface area contributed by atoms with Crippen LogP contribution in [0.4, 0.5) is 0 Å². The summed E-state index contributed by atoms with van der Waals surface area (Å²) in [6.45, 7) is 6.75. The lowest BCUT2D eigenvalue weighted by Gasteiger charge is -2.30. The minimum absolute atomic E-state index is 0.142. The summed E-state index contributed by atoms with van der Waals surface area (Å²) in [7, 11) is 0. The largest absolute Gasteiger partial charge is 0.462 e. The highest BCUT2D eigenvalue weighted by atomic mass is 17.0. The summed E-state index contributed by atoms with van der Waals surface area (Å²) < 4.78 is 10.6. The molecule has 1 N–H and O–H groups in total. The van der Waals surface area contributed by atoms with E-state index in [-0.39, 0.29) is 30.3 Å². The van der Waals surface area contributed by atoms with E-state index in [1.165, 1.54) is 0 Å². The zero-order valence-electron chi connectivity index (χ0n) is 17.3. The number of ether oxygens (including phenoxy) is 2. The molecule has 10 nitrogen and oxygen atoms in total. The van der Waals surface area contributed by atoms with Crippen LogP contribution in [0.3, 0.4) is 0 Å². The van der Waals surface area contributed by atoms with E-state index in [1.54, 1.807) is 38.2 Å². The first-order valence-electron chi connectivity index (χ1n) is 9.43. The molecule has 0 bridgehead atoms. The molecular formula is C20H25N3O7. The SMILES string of the molecule is CC1=C(C(=O)OCCO[N+](=O)[O-])C(c2ccccn2)C(C(=O)OCC(C)C)=C(C)N1. The summed E-state index contributed by atoms with van der Waals surface area (Å²) >= 11 is 0. The van der Waals surface area contributed by atoms with Crippen LogP contribution < -0.4 is 5.32 Å². The number of nitrogens with zero attached hydrogens (tertiary/aromatic N) is 2. The fraction of sp³-hybridized carbons (Fsp3) is 0.450. The average Bonchev–Trinajstić information content (AvgIpc) is 2.69. The molecule has 0 aromatic carbocycles. The van der Waals surface area contributed by atoms with Gasteiger partial charge in [-0.2, -0.15) is 0 Å². The van der Waals surface area contributed by atoms with Crippen molar-refractivity contribution in [1.82, 2.24) is 10.3 Å². The molecule has 0 aliphatic carbocycles. The number of hydrogen-bond acceptors (Lipinski definition) is 9. The second-order valence-electron chi connectivity index (χ2n) is 7.08. The number of aromatic nitrogens is 1. The maximum Gasteiger partial charge on any atom is 0.336 e. The monoisotopic (exact) mass is 419 g/mol. The topological polar surface area (TPSA) is 130 Å². The third-order valence-electron chi connectivity index (χ3n) is 4.24. The molecule has 0 amide bonds. The van der Waals surface area contributed by atoms with Gasteiger partial charge in [-0.25, -0.2) is 9.59 Å². The van der Waals surface area contributed by atoms with Gasteiger partial charge in [-0.1, -0.05) is 19.9 Å². The van der Waals surface area contributed by atoms with Crippen molar-refractivity contribution in [2.75, 3.05) is 19.8 Å². The second kappa shape index (κ2) is 10.4. The van der Waals surface area contributed by atoms with Crippen LogP contribution in [-0.4, -0.2) is 41.8 Å². The predicted octanol–water partition coefficient (Wildman–Crippen LogP) is 2.27. The van der Waals surface area contributed by atoms with Crippen molar-refractivity contribution in [3.05, 3.63) is 62.7 Å². The number of rotatable bonds is 9. The Morgan fingerprint density at radius 2 is 1.77 bits per heavy atom. The zero-order chi connectivity index (χ0) is 22.3. The third-order valence-corrected chi connectivity index (χ3v) is 4.24. The smallest absolute Gasteiger partial charge is 0.336 e. The molecule has 1 aliphatic heterocycles. The molecule has 2 heterocycles. The van der Waals surface area contributed by atoms with Gasteiger partial charge in [0.25, 0.3) is 5.09 Å². The van der Waals surface area contributed by atoms with Crippen molar-refractivity contribution in [3.63, 3.8) is 0 Å². The van der Waals surface area contributed by atoms with Crippen LogP contribution in [0.5, 0.6) is 0 Å². The molecule has 0 radical (unpaired) electrons. The molecule has 162 valence electrons. The van der Waals surface area contributed by atoms with Crippen molar-refractivity contribution >= 4 is 11.9 Å². The van der Waals surface area contributed by atoms with Gasteiger partial charge in [0, 0.05) is 17.6 Å². The van der Waals surface area contributed by atoms with Gasteiger partial charge in [0.2, 0.25) is 0 Å². The summed E-state index contributed by atoms with van der Waals surface area (Å²) in [6, 6.07) is 5.18. The number of dihydropyridines is 1. The Balaban J connectivity index is 2.36. The molecule has 0 spiro atoms. The van der Waals surface area contributed by atoms with Gasteiger partial charge in [0.15, 0.2) is 0 Å². The van der Waals surface area contributed by atoms with Crippen molar-refractivity contribution < 1.29 is 29.0 Å². The highest BCUT2D eigenvalue weighted by molar-refractivity contribution is 5.99. The van der Waals surface area contributed by atoms with Gasteiger partial charge < -0.3 is 19.6 Å². The molecule has 2 rings (SSSR count). The van der Waals surface area contributed by atoms with E-state index in [0.29, 0.717) is 17.1 Å².